The van der Waals surface area contributed by atoms with E-state index in [4.69, 9.17) is 0 Å². The molecule has 1 heterocycles. The Morgan fingerprint density at radius 2 is 2.00 bits per heavy atom. The van der Waals surface area contributed by atoms with Gasteiger partial charge in [-0.1, -0.05) is 6.92 Å². The quantitative estimate of drug-likeness (QED) is 0.792. The van der Waals surface area contributed by atoms with E-state index in [0.717, 1.165) is 12.5 Å². The number of benzene rings is 2. The molecule has 24 heavy (non-hydrogen) atoms. The third kappa shape index (κ3) is 2.87. The molecule has 0 radical (unpaired) electrons. The second-order valence-corrected chi connectivity index (χ2v) is 5.55. The number of aromatic nitrogens is 2. The highest BCUT2D eigenvalue weighted by Gasteiger charge is 2.15. The highest BCUT2D eigenvalue weighted by molar-refractivity contribution is 5.97. The first kappa shape index (κ1) is 16.1. The van der Waals surface area contributed by atoms with E-state index < -0.39 is 11.6 Å². The average Bonchev–Trinajstić information content (AvgIpc) is 2.87. The Balaban J connectivity index is 2.08. The summed E-state index contributed by atoms with van der Waals surface area (Å²) in [5, 5.41) is 2.81. The van der Waals surface area contributed by atoms with Crippen molar-refractivity contribution < 1.29 is 13.6 Å². The zero-order chi connectivity index (χ0) is 17.3. The normalized spacial score (nSPS) is 11.0. The molecule has 0 fully saturated rings. The van der Waals surface area contributed by atoms with E-state index in [1.807, 2.05) is 6.92 Å². The number of aryl methyl sites for hydroxylation is 1. The van der Waals surface area contributed by atoms with Gasteiger partial charge in [0, 0.05) is 18.2 Å². The molecule has 0 bridgehead atoms. The molecule has 0 aliphatic carbocycles. The molecule has 0 saturated carbocycles. The monoisotopic (exact) mass is 329 g/mol. The van der Waals surface area contributed by atoms with Crippen molar-refractivity contribution in [2.24, 2.45) is 0 Å². The minimum absolute atomic E-state index is 0.168. The number of carbonyl (C=O) groups is 1. The van der Waals surface area contributed by atoms with Gasteiger partial charge >= 0.3 is 0 Å². The van der Waals surface area contributed by atoms with Crippen LogP contribution in [0.25, 0.3) is 16.7 Å². The number of nitrogens with zero attached hydrogens (tertiary/aromatic N) is 2. The van der Waals surface area contributed by atoms with Crippen molar-refractivity contribution in [3.8, 4) is 5.69 Å². The smallest absolute Gasteiger partial charge is 0.251 e. The Hall–Kier alpha value is -2.76. The first-order valence-corrected chi connectivity index (χ1v) is 7.74. The Bertz CT molecular complexity index is 918. The molecule has 0 aliphatic heterocycles. The Morgan fingerprint density at radius 1 is 1.21 bits per heavy atom. The molecule has 124 valence electrons. The molecule has 0 atom stereocenters. The van der Waals surface area contributed by atoms with E-state index in [9.17, 15) is 13.6 Å². The maximum Gasteiger partial charge on any atom is 0.251 e. The third-order valence-electron chi connectivity index (χ3n) is 3.77. The molecule has 3 rings (SSSR count). The van der Waals surface area contributed by atoms with Crippen LogP contribution in [0, 0.1) is 18.6 Å². The summed E-state index contributed by atoms with van der Waals surface area (Å²) in [6.45, 7) is 4.32. The maximum atomic E-state index is 14.1. The lowest BCUT2D eigenvalue weighted by Gasteiger charge is -2.08. The van der Waals surface area contributed by atoms with Crippen molar-refractivity contribution in [3.05, 3.63) is 59.4 Å². The minimum atomic E-state index is -0.665. The largest absolute Gasteiger partial charge is 0.352 e. The molecule has 0 spiro atoms. The highest BCUT2D eigenvalue weighted by Crippen LogP contribution is 2.24. The van der Waals surface area contributed by atoms with Gasteiger partial charge in [-0.05, 0) is 43.7 Å². The number of hydrogen-bond donors (Lipinski definition) is 1. The van der Waals surface area contributed by atoms with Gasteiger partial charge in [-0.2, -0.15) is 0 Å². The third-order valence-corrected chi connectivity index (χ3v) is 3.77. The number of rotatable bonds is 4. The van der Waals surface area contributed by atoms with Crippen LogP contribution in [0.1, 0.15) is 29.5 Å². The van der Waals surface area contributed by atoms with E-state index in [-0.39, 0.29) is 11.6 Å². The molecule has 4 nitrogen and oxygen atoms in total. The van der Waals surface area contributed by atoms with E-state index >= 15 is 0 Å². The standard InChI is InChI=1S/C18H17F2N3O/c1-3-8-21-18(24)12-4-6-17-15(9-12)22-11(2)23(17)16-7-5-13(19)10-14(16)20/h4-7,9-10H,3,8H2,1-2H3,(H,21,24). The van der Waals surface area contributed by atoms with Crippen LogP contribution in [-0.2, 0) is 0 Å². The minimum Gasteiger partial charge on any atom is -0.352 e. The highest BCUT2D eigenvalue weighted by atomic mass is 19.1. The number of imidazole rings is 1. The lowest BCUT2D eigenvalue weighted by Crippen LogP contribution is -2.23. The summed E-state index contributed by atoms with van der Waals surface area (Å²) < 4.78 is 28.9. The summed E-state index contributed by atoms with van der Waals surface area (Å²) in [7, 11) is 0. The van der Waals surface area contributed by atoms with Crippen LogP contribution in [0.15, 0.2) is 36.4 Å². The van der Waals surface area contributed by atoms with E-state index in [1.54, 1.807) is 29.7 Å². The molecule has 3 aromatic rings. The molecule has 1 amide bonds. The van der Waals surface area contributed by atoms with Gasteiger partial charge in [0.1, 0.15) is 17.5 Å². The molecule has 2 aromatic carbocycles. The predicted molar refractivity (Wildman–Crippen MR) is 88.3 cm³/mol. The molecule has 6 heteroatoms. The number of nitrogens with one attached hydrogen (secondary N) is 1. The SMILES string of the molecule is CCCNC(=O)c1ccc2c(c1)nc(C)n2-c1ccc(F)cc1F. The van der Waals surface area contributed by atoms with E-state index in [1.165, 1.54) is 12.1 Å². The van der Waals surface area contributed by atoms with E-state index in [2.05, 4.69) is 10.3 Å². The van der Waals surface area contributed by atoms with Gasteiger partial charge in [0.2, 0.25) is 0 Å². The van der Waals surface area contributed by atoms with Crippen LogP contribution in [0.5, 0.6) is 0 Å². The van der Waals surface area contributed by atoms with Gasteiger partial charge < -0.3 is 5.32 Å². The number of amides is 1. The van der Waals surface area contributed by atoms with Gasteiger partial charge in [-0.3, -0.25) is 9.36 Å². The lowest BCUT2D eigenvalue weighted by atomic mass is 10.2. The fourth-order valence-corrected chi connectivity index (χ4v) is 2.65. The topological polar surface area (TPSA) is 46.9 Å². The maximum absolute atomic E-state index is 14.1. The molecule has 0 unspecified atom stereocenters. The van der Waals surface area contributed by atoms with Crippen molar-refractivity contribution in [1.82, 2.24) is 14.9 Å². The van der Waals surface area contributed by atoms with Crippen molar-refractivity contribution in [1.29, 1.82) is 0 Å². The number of fused-ring (bicyclic) bond motifs is 1. The molecule has 1 N–H and O–H groups in total. The Morgan fingerprint density at radius 3 is 2.71 bits per heavy atom. The second kappa shape index (κ2) is 6.39. The lowest BCUT2D eigenvalue weighted by molar-refractivity contribution is 0.0954. The summed E-state index contributed by atoms with van der Waals surface area (Å²) in [6, 6.07) is 8.49. The van der Waals surface area contributed by atoms with Crippen LogP contribution in [0.3, 0.4) is 0 Å². The summed E-state index contributed by atoms with van der Waals surface area (Å²) in [5.41, 5.74) is 1.96. The molecule has 0 saturated heterocycles. The Labute approximate surface area is 138 Å². The van der Waals surface area contributed by atoms with Crippen LogP contribution in [0.2, 0.25) is 0 Å². The first-order chi connectivity index (χ1) is 11.5. The van der Waals surface area contributed by atoms with Crippen LogP contribution < -0.4 is 5.32 Å². The summed E-state index contributed by atoms with van der Waals surface area (Å²) in [4.78, 5) is 16.5. The number of hydrogen-bond acceptors (Lipinski definition) is 2. The van der Waals surface area contributed by atoms with Gasteiger partial charge in [-0.15, -0.1) is 0 Å². The summed E-state index contributed by atoms with van der Waals surface area (Å²) in [5.74, 6) is -0.907. The van der Waals surface area contributed by atoms with Gasteiger partial charge in [0.05, 0.1) is 16.7 Å². The van der Waals surface area contributed by atoms with Crippen molar-refractivity contribution in [2.45, 2.75) is 20.3 Å². The molecule has 0 aliphatic rings. The first-order valence-electron chi connectivity index (χ1n) is 7.74. The molecular formula is C18H17F2N3O. The fraction of sp³-hybridized carbons (Fsp3) is 0.222. The average molecular weight is 329 g/mol. The van der Waals surface area contributed by atoms with Gasteiger partial charge in [-0.25, -0.2) is 13.8 Å². The van der Waals surface area contributed by atoms with E-state index in [0.29, 0.717) is 29.0 Å². The fourth-order valence-electron chi connectivity index (χ4n) is 2.65. The Kier molecular flexibility index (Phi) is 4.29. The molecular weight excluding hydrogens is 312 g/mol. The number of halogens is 2. The summed E-state index contributed by atoms with van der Waals surface area (Å²) >= 11 is 0. The zero-order valence-electron chi connectivity index (χ0n) is 13.4. The van der Waals surface area contributed by atoms with Crippen molar-refractivity contribution >= 4 is 16.9 Å². The summed E-state index contributed by atoms with van der Waals surface area (Å²) in [6.07, 6.45) is 0.853. The van der Waals surface area contributed by atoms with Gasteiger partial charge in [0.15, 0.2) is 0 Å². The van der Waals surface area contributed by atoms with Crippen LogP contribution in [0.4, 0.5) is 8.78 Å². The molecule has 1 aromatic heterocycles. The van der Waals surface area contributed by atoms with Crippen LogP contribution in [-0.4, -0.2) is 22.0 Å². The van der Waals surface area contributed by atoms with Crippen molar-refractivity contribution in [2.75, 3.05) is 6.54 Å². The van der Waals surface area contributed by atoms with Crippen LogP contribution >= 0.6 is 0 Å². The van der Waals surface area contributed by atoms with Gasteiger partial charge in [0.25, 0.3) is 5.91 Å². The van der Waals surface area contributed by atoms with Crippen molar-refractivity contribution in [3.63, 3.8) is 0 Å². The number of carbonyl (C=O) groups excluding carboxylic acids is 1. The zero-order valence-corrected chi connectivity index (χ0v) is 13.4. The second-order valence-electron chi connectivity index (χ2n) is 5.55. The predicted octanol–water partition coefficient (Wildman–Crippen LogP) is 3.75.